The molecule has 1 aliphatic rings. The highest BCUT2D eigenvalue weighted by atomic mass is 32.2. The molecule has 0 atom stereocenters. The van der Waals surface area contributed by atoms with Gasteiger partial charge in [-0.1, -0.05) is 12.1 Å². The van der Waals surface area contributed by atoms with Gasteiger partial charge < -0.3 is 4.90 Å². The number of benzene rings is 2. The van der Waals surface area contributed by atoms with Crippen molar-refractivity contribution in [2.75, 3.05) is 4.90 Å². The van der Waals surface area contributed by atoms with Crippen molar-refractivity contribution in [1.29, 1.82) is 5.26 Å². The number of para-hydroxylation sites is 1. The first-order chi connectivity index (χ1) is 10.4. The summed E-state index contributed by atoms with van der Waals surface area (Å²) in [6, 6.07) is 10.4. The Labute approximate surface area is 125 Å². The molecule has 110 valence electrons. The summed E-state index contributed by atoms with van der Waals surface area (Å²) in [6.45, 7) is 0. The number of fused-ring (bicyclic) bond motifs is 1. The molecule has 2 aromatic carbocycles. The molecule has 0 unspecified atom stereocenters. The van der Waals surface area contributed by atoms with E-state index in [-0.39, 0.29) is 16.3 Å². The average molecular weight is 318 g/mol. The van der Waals surface area contributed by atoms with Crippen LogP contribution in [0.15, 0.2) is 58.5 Å². The van der Waals surface area contributed by atoms with Crippen molar-refractivity contribution in [3.05, 3.63) is 65.2 Å². The van der Waals surface area contributed by atoms with Crippen LogP contribution in [-0.4, -0.2) is 8.42 Å². The van der Waals surface area contributed by atoms with Crippen LogP contribution < -0.4 is 4.90 Å². The third kappa shape index (κ3) is 2.14. The zero-order chi connectivity index (χ0) is 15.9. The minimum absolute atomic E-state index is 0.0845. The predicted octanol–water partition coefficient (Wildman–Crippen LogP) is 3.26. The van der Waals surface area contributed by atoms with E-state index in [9.17, 15) is 17.2 Å². The van der Waals surface area contributed by atoms with Crippen molar-refractivity contribution in [3.63, 3.8) is 0 Å². The van der Waals surface area contributed by atoms with E-state index in [1.165, 1.54) is 23.1 Å². The van der Waals surface area contributed by atoms with Crippen LogP contribution in [0.5, 0.6) is 0 Å². The number of rotatable bonds is 1. The second-order valence-electron chi connectivity index (χ2n) is 4.57. The molecular formula is C15H8F2N2O2S. The van der Waals surface area contributed by atoms with Gasteiger partial charge >= 0.3 is 0 Å². The number of hydrogen-bond acceptors (Lipinski definition) is 4. The van der Waals surface area contributed by atoms with Crippen LogP contribution in [-0.2, 0) is 9.84 Å². The van der Waals surface area contributed by atoms with E-state index < -0.39 is 26.4 Å². The summed E-state index contributed by atoms with van der Waals surface area (Å²) < 4.78 is 51.4. The van der Waals surface area contributed by atoms with Crippen molar-refractivity contribution in [2.24, 2.45) is 0 Å². The van der Waals surface area contributed by atoms with Gasteiger partial charge in [0.15, 0.2) is 4.91 Å². The number of nitriles is 1. The molecule has 1 aliphatic heterocycles. The molecular weight excluding hydrogens is 310 g/mol. The van der Waals surface area contributed by atoms with E-state index in [0.717, 1.165) is 18.3 Å². The van der Waals surface area contributed by atoms with Crippen LogP contribution in [0.25, 0.3) is 0 Å². The summed E-state index contributed by atoms with van der Waals surface area (Å²) >= 11 is 0. The van der Waals surface area contributed by atoms with Crippen molar-refractivity contribution >= 4 is 21.2 Å². The van der Waals surface area contributed by atoms with Gasteiger partial charge in [-0.15, -0.1) is 0 Å². The van der Waals surface area contributed by atoms with E-state index in [4.69, 9.17) is 5.26 Å². The van der Waals surface area contributed by atoms with Gasteiger partial charge in [0.25, 0.3) is 0 Å². The second-order valence-corrected chi connectivity index (χ2v) is 6.46. The zero-order valence-corrected chi connectivity index (χ0v) is 11.8. The number of anilines is 2. The fourth-order valence-electron chi connectivity index (χ4n) is 2.24. The first-order valence-electron chi connectivity index (χ1n) is 6.15. The summed E-state index contributed by atoms with van der Waals surface area (Å²) in [5.41, 5.74) is 0.319. The standard InChI is InChI=1S/C15H8F2N2O2S/c16-10-5-11(17)7-12(6-10)19-9-13(8-18)22(20,21)15-4-2-1-3-14(15)19/h1-7,9H. The Balaban J connectivity index is 2.30. The Hall–Kier alpha value is -2.72. The fraction of sp³-hybridized carbons (Fsp3) is 0. The molecule has 2 aromatic rings. The highest BCUT2D eigenvalue weighted by Gasteiger charge is 2.31. The first kappa shape index (κ1) is 14.2. The van der Waals surface area contributed by atoms with E-state index >= 15 is 0 Å². The lowest BCUT2D eigenvalue weighted by molar-refractivity contribution is 0.583. The summed E-state index contributed by atoms with van der Waals surface area (Å²) in [5.74, 6) is -1.60. The van der Waals surface area contributed by atoms with Crippen molar-refractivity contribution in [3.8, 4) is 6.07 Å². The zero-order valence-electron chi connectivity index (χ0n) is 11.0. The number of nitrogens with zero attached hydrogens (tertiary/aromatic N) is 2. The number of halogens is 2. The van der Waals surface area contributed by atoms with E-state index in [1.54, 1.807) is 12.1 Å². The van der Waals surface area contributed by atoms with Crippen LogP contribution in [0.1, 0.15) is 0 Å². The topological polar surface area (TPSA) is 61.2 Å². The summed E-state index contributed by atoms with van der Waals surface area (Å²) in [4.78, 5) is 0.704. The van der Waals surface area contributed by atoms with Gasteiger partial charge in [0, 0.05) is 12.3 Å². The van der Waals surface area contributed by atoms with Crippen LogP contribution in [0.4, 0.5) is 20.2 Å². The maximum absolute atomic E-state index is 13.4. The molecule has 7 heteroatoms. The lowest BCUT2D eigenvalue weighted by atomic mass is 10.2. The molecule has 0 N–H and O–H groups in total. The average Bonchev–Trinajstić information content (AvgIpc) is 2.46. The van der Waals surface area contributed by atoms with Gasteiger partial charge in [-0.05, 0) is 24.3 Å². The number of hydrogen-bond donors (Lipinski definition) is 0. The minimum atomic E-state index is -3.92. The minimum Gasteiger partial charge on any atom is -0.314 e. The van der Waals surface area contributed by atoms with Gasteiger partial charge in [-0.25, -0.2) is 17.2 Å². The summed E-state index contributed by atoms with van der Waals surface area (Å²) in [5, 5.41) is 9.05. The van der Waals surface area contributed by atoms with Crippen molar-refractivity contribution < 1.29 is 17.2 Å². The molecule has 0 aromatic heterocycles. The van der Waals surface area contributed by atoms with Crippen molar-refractivity contribution in [2.45, 2.75) is 4.90 Å². The van der Waals surface area contributed by atoms with Crippen LogP contribution >= 0.6 is 0 Å². The van der Waals surface area contributed by atoms with Crippen LogP contribution in [0.2, 0.25) is 0 Å². The Morgan fingerprint density at radius 1 is 1.05 bits per heavy atom. The van der Waals surface area contributed by atoms with E-state index in [2.05, 4.69) is 0 Å². The molecule has 3 rings (SSSR count). The summed E-state index contributed by atoms with van der Waals surface area (Å²) in [7, 11) is -3.92. The highest BCUT2D eigenvalue weighted by Crippen LogP contribution is 2.39. The molecule has 1 heterocycles. The quantitative estimate of drug-likeness (QED) is 0.810. The monoisotopic (exact) mass is 318 g/mol. The molecule has 0 saturated heterocycles. The van der Waals surface area contributed by atoms with Gasteiger partial charge in [-0.3, -0.25) is 0 Å². The van der Waals surface area contributed by atoms with Gasteiger partial charge in [0.2, 0.25) is 9.84 Å². The molecule has 0 fully saturated rings. The molecule has 0 spiro atoms. The second kappa shape index (κ2) is 4.93. The molecule has 0 aliphatic carbocycles. The molecule has 22 heavy (non-hydrogen) atoms. The highest BCUT2D eigenvalue weighted by molar-refractivity contribution is 7.95. The Morgan fingerprint density at radius 3 is 2.32 bits per heavy atom. The maximum atomic E-state index is 13.4. The van der Waals surface area contributed by atoms with Crippen LogP contribution in [0.3, 0.4) is 0 Å². The fourth-order valence-corrected chi connectivity index (χ4v) is 3.54. The SMILES string of the molecule is N#CC1=CN(c2cc(F)cc(F)c2)c2ccccc2S1(=O)=O. The Kier molecular flexibility index (Phi) is 3.19. The van der Waals surface area contributed by atoms with Crippen molar-refractivity contribution in [1.82, 2.24) is 0 Å². The number of sulfone groups is 1. The molecule has 0 radical (unpaired) electrons. The molecule has 0 bridgehead atoms. The molecule has 0 amide bonds. The van der Waals surface area contributed by atoms with E-state index in [1.807, 2.05) is 0 Å². The third-order valence-corrected chi connectivity index (χ3v) is 4.89. The predicted molar refractivity (Wildman–Crippen MR) is 75.8 cm³/mol. The molecule has 0 saturated carbocycles. The first-order valence-corrected chi connectivity index (χ1v) is 7.63. The Bertz CT molecular complexity index is 926. The Morgan fingerprint density at radius 2 is 1.68 bits per heavy atom. The lowest BCUT2D eigenvalue weighted by Gasteiger charge is -2.27. The third-order valence-electron chi connectivity index (χ3n) is 3.19. The van der Waals surface area contributed by atoms with Gasteiger partial charge in [0.1, 0.15) is 17.7 Å². The van der Waals surface area contributed by atoms with Crippen LogP contribution in [0, 0.1) is 23.0 Å². The largest absolute Gasteiger partial charge is 0.314 e. The van der Waals surface area contributed by atoms with E-state index in [0.29, 0.717) is 6.07 Å². The molecule has 4 nitrogen and oxygen atoms in total. The smallest absolute Gasteiger partial charge is 0.220 e. The van der Waals surface area contributed by atoms with Gasteiger partial charge in [0.05, 0.1) is 16.3 Å². The maximum Gasteiger partial charge on any atom is 0.220 e. The lowest BCUT2D eigenvalue weighted by Crippen LogP contribution is -2.21. The summed E-state index contributed by atoms with van der Waals surface area (Å²) in [6.07, 6.45) is 1.06. The normalized spacial score (nSPS) is 15.7. The van der Waals surface area contributed by atoms with Gasteiger partial charge in [-0.2, -0.15) is 5.26 Å². The number of allylic oxidation sites excluding steroid dienone is 1.